The molecular formula is C22H26O4. The van der Waals surface area contributed by atoms with Crippen molar-refractivity contribution >= 4 is 11.9 Å². The molecule has 0 N–H and O–H groups in total. The number of rotatable bonds is 8. The van der Waals surface area contributed by atoms with Gasteiger partial charge in [0.2, 0.25) is 0 Å². The van der Waals surface area contributed by atoms with E-state index in [0.717, 1.165) is 22.4 Å². The summed E-state index contributed by atoms with van der Waals surface area (Å²) in [6.07, 6.45) is 4.39. The van der Waals surface area contributed by atoms with Gasteiger partial charge in [-0.2, -0.15) is 0 Å². The molecule has 0 radical (unpaired) electrons. The fourth-order valence-electron chi connectivity index (χ4n) is 3.06. The zero-order chi connectivity index (χ0) is 19.1. The molecule has 0 aromatic heterocycles. The second-order valence-corrected chi connectivity index (χ2v) is 6.07. The van der Waals surface area contributed by atoms with Crippen molar-refractivity contribution in [3.63, 3.8) is 0 Å². The van der Waals surface area contributed by atoms with Crippen LogP contribution in [0.1, 0.15) is 42.9 Å². The van der Waals surface area contributed by atoms with Crippen LogP contribution < -0.4 is 14.2 Å². The van der Waals surface area contributed by atoms with Gasteiger partial charge >= 0.3 is 0 Å². The molecule has 0 fully saturated rings. The first-order valence-electron chi connectivity index (χ1n) is 8.56. The maximum Gasteiger partial charge on any atom is 0.161 e. The lowest BCUT2D eigenvalue weighted by Gasteiger charge is -2.20. The largest absolute Gasteiger partial charge is 0.496 e. The van der Waals surface area contributed by atoms with E-state index in [0.29, 0.717) is 17.9 Å². The SMILES string of the molecule is C/C=C/c1cc(C(CC(C)=O)c2ccc(OC)c(OC)c2)ccc1OC. The number of benzene rings is 2. The molecule has 1 unspecified atom stereocenters. The van der Waals surface area contributed by atoms with Gasteiger partial charge in [-0.1, -0.05) is 24.3 Å². The quantitative estimate of drug-likeness (QED) is 0.679. The van der Waals surface area contributed by atoms with Crippen molar-refractivity contribution in [1.82, 2.24) is 0 Å². The molecule has 0 bridgehead atoms. The summed E-state index contributed by atoms with van der Waals surface area (Å²) in [6.45, 7) is 3.58. The number of Topliss-reactive ketones (excluding diaryl/α,β-unsaturated/α-hetero) is 1. The Kier molecular flexibility index (Phi) is 6.84. The van der Waals surface area contributed by atoms with Crippen LogP contribution in [0.5, 0.6) is 17.2 Å². The standard InChI is InChI=1S/C22H26O4/c1-6-7-18-13-16(8-10-20(18)24-3)19(12-15(2)23)17-9-11-21(25-4)22(14-17)26-5/h6-11,13-14,19H,12H2,1-5H3/b7-6+. The van der Waals surface area contributed by atoms with Crippen molar-refractivity contribution in [3.05, 3.63) is 59.2 Å². The van der Waals surface area contributed by atoms with Crippen LogP contribution in [-0.2, 0) is 4.79 Å². The van der Waals surface area contributed by atoms with Gasteiger partial charge in [0.25, 0.3) is 0 Å². The van der Waals surface area contributed by atoms with E-state index in [4.69, 9.17) is 14.2 Å². The van der Waals surface area contributed by atoms with Gasteiger partial charge in [0, 0.05) is 17.9 Å². The molecule has 2 rings (SSSR count). The maximum atomic E-state index is 11.9. The van der Waals surface area contributed by atoms with Crippen molar-refractivity contribution in [2.24, 2.45) is 0 Å². The predicted octanol–water partition coefficient (Wildman–Crippen LogP) is 4.86. The van der Waals surface area contributed by atoms with Crippen LogP contribution in [0.15, 0.2) is 42.5 Å². The van der Waals surface area contributed by atoms with Crippen molar-refractivity contribution in [1.29, 1.82) is 0 Å². The monoisotopic (exact) mass is 354 g/mol. The third-order valence-corrected chi connectivity index (χ3v) is 4.30. The molecule has 0 aliphatic rings. The van der Waals surface area contributed by atoms with Crippen molar-refractivity contribution < 1.29 is 19.0 Å². The predicted molar refractivity (Wildman–Crippen MR) is 104 cm³/mol. The zero-order valence-corrected chi connectivity index (χ0v) is 16.0. The summed E-state index contributed by atoms with van der Waals surface area (Å²) in [7, 11) is 4.87. The minimum atomic E-state index is -0.0674. The van der Waals surface area contributed by atoms with E-state index in [1.165, 1.54) is 0 Å². The summed E-state index contributed by atoms with van der Waals surface area (Å²) >= 11 is 0. The fraction of sp³-hybridized carbons (Fsp3) is 0.318. The molecule has 26 heavy (non-hydrogen) atoms. The van der Waals surface area contributed by atoms with Gasteiger partial charge in [-0.05, 0) is 49.2 Å². The Hall–Kier alpha value is -2.75. The highest BCUT2D eigenvalue weighted by molar-refractivity contribution is 5.77. The van der Waals surface area contributed by atoms with Crippen LogP contribution in [0, 0.1) is 0 Å². The van der Waals surface area contributed by atoms with Crippen molar-refractivity contribution in [3.8, 4) is 17.2 Å². The molecule has 0 saturated carbocycles. The summed E-state index contributed by atoms with van der Waals surface area (Å²) < 4.78 is 16.2. The molecule has 4 heteroatoms. The molecule has 0 saturated heterocycles. The van der Waals surface area contributed by atoms with Crippen LogP contribution >= 0.6 is 0 Å². The molecule has 0 aliphatic carbocycles. The van der Waals surface area contributed by atoms with Crippen LogP contribution in [0.2, 0.25) is 0 Å². The number of carbonyl (C=O) groups excluding carboxylic acids is 1. The molecule has 4 nitrogen and oxygen atoms in total. The van der Waals surface area contributed by atoms with Crippen LogP contribution in [0.3, 0.4) is 0 Å². The van der Waals surface area contributed by atoms with Gasteiger partial charge in [-0.25, -0.2) is 0 Å². The van der Waals surface area contributed by atoms with Gasteiger partial charge in [0.15, 0.2) is 11.5 Å². The highest BCUT2D eigenvalue weighted by atomic mass is 16.5. The molecule has 2 aromatic carbocycles. The third-order valence-electron chi connectivity index (χ3n) is 4.30. The third kappa shape index (κ3) is 4.45. The van der Waals surface area contributed by atoms with Gasteiger partial charge in [-0.15, -0.1) is 0 Å². The normalized spacial score (nSPS) is 12.0. The van der Waals surface area contributed by atoms with Gasteiger partial charge in [0.05, 0.1) is 21.3 Å². The molecule has 2 aromatic rings. The lowest BCUT2D eigenvalue weighted by molar-refractivity contribution is -0.117. The summed E-state index contributed by atoms with van der Waals surface area (Å²) in [6, 6.07) is 11.8. The number of methoxy groups -OCH3 is 3. The van der Waals surface area contributed by atoms with Gasteiger partial charge < -0.3 is 14.2 Å². The maximum absolute atomic E-state index is 11.9. The van der Waals surface area contributed by atoms with E-state index in [-0.39, 0.29) is 11.7 Å². The van der Waals surface area contributed by atoms with E-state index < -0.39 is 0 Å². The van der Waals surface area contributed by atoms with E-state index in [9.17, 15) is 4.79 Å². The lowest BCUT2D eigenvalue weighted by Crippen LogP contribution is -2.07. The summed E-state index contributed by atoms with van der Waals surface area (Å²) in [5.41, 5.74) is 3.05. The van der Waals surface area contributed by atoms with Gasteiger partial charge in [-0.3, -0.25) is 4.79 Å². The highest BCUT2D eigenvalue weighted by Gasteiger charge is 2.19. The Morgan fingerprint density at radius 2 is 1.50 bits per heavy atom. The van der Waals surface area contributed by atoms with Gasteiger partial charge in [0.1, 0.15) is 11.5 Å². The summed E-state index contributed by atoms with van der Waals surface area (Å²) in [5.74, 6) is 2.19. The Morgan fingerprint density at radius 1 is 0.923 bits per heavy atom. The highest BCUT2D eigenvalue weighted by Crippen LogP contribution is 2.36. The van der Waals surface area contributed by atoms with E-state index >= 15 is 0 Å². The second kappa shape index (κ2) is 9.09. The Bertz CT molecular complexity index is 793. The van der Waals surface area contributed by atoms with Crippen LogP contribution in [0.4, 0.5) is 0 Å². The summed E-state index contributed by atoms with van der Waals surface area (Å²) in [4.78, 5) is 11.9. The Labute approximate surface area is 155 Å². The number of allylic oxidation sites excluding steroid dienone is 1. The first kappa shape index (κ1) is 19.6. The van der Waals surface area contributed by atoms with Crippen molar-refractivity contribution in [2.75, 3.05) is 21.3 Å². The second-order valence-electron chi connectivity index (χ2n) is 6.07. The first-order chi connectivity index (χ1) is 12.5. The van der Waals surface area contributed by atoms with Crippen LogP contribution in [-0.4, -0.2) is 27.1 Å². The average molecular weight is 354 g/mol. The Balaban J connectivity index is 2.55. The molecule has 1 atom stereocenters. The minimum absolute atomic E-state index is 0.0674. The molecule has 138 valence electrons. The number of ketones is 1. The molecule has 0 aliphatic heterocycles. The van der Waals surface area contributed by atoms with E-state index in [1.807, 2.05) is 49.4 Å². The van der Waals surface area contributed by atoms with E-state index in [2.05, 4.69) is 6.07 Å². The Morgan fingerprint density at radius 3 is 2.04 bits per heavy atom. The first-order valence-corrected chi connectivity index (χ1v) is 8.56. The number of hydrogen-bond donors (Lipinski definition) is 0. The molecule has 0 spiro atoms. The zero-order valence-electron chi connectivity index (χ0n) is 16.0. The number of carbonyl (C=O) groups is 1. The minimum Gasteiger partial charge on any atom is -0.496 e. The lowest BCUT2D eigenvalue weighted by atomic mass is 9.86. The molecular weight excluding hydrogens is 328 g/mol. The molecule has 0 heterocycles. The number of hydrogen-bond acceptors (Lipinski definition) is 4. The molecule has 0 amide bonds. The fourth-order valence-corrected chi connectivity index (χ4v) is 3.06. The van der Waals surface area contributed by atoms with Crippen LogP contribution in [0.25, 0.3) is 6.08 Å². The topological polar surface area (TPSA) is 44.8 Å². The smallest absolute Gasteiger partial charge is 0.161 e. The van der Waals surface area contributed by atoms with Crippen molar-refractivity contribution in [2.45, 2.75) is 26.2 Å². The number of ether oxygens (including phenoxy) is 3. The summed E-state index contributed by atoms with van der Waals surface area (Å²) in [5, 5.41) is 0. The average Bonchev–Trinajstić information content (AvgIpc) is 2.65. The van der Waals surface area contributed by atoms with E-state index in [1.54, 1.807) is 28.3 Å².